The molecule has 0 aromatic heterocycles. The minimum absolute atomic E-state index is 0.165. The van der Waals surface area contributed by atoms with E-state index in [1.54, 1.807) is 57.4 Å². The van der Waals surface area contributed by atoms with E-state index in [9.17, 15) is 9.59 Å². The van der Waals surface area contributed by atoms with Gasteiger partial charge in [0, 0.05) is 24.8 Å². The summed E-state index contributed by atoms with van der Waals surface area (Å²) in [5.41, 5.74) is 2.92. The molecular formula is C21H26N2O5. The van der Waals surface area contributed by atoms with Crippen molar-refractivity contribution in [3.05, 3.63) is 53.1 Å². The molecule has 0 atom stereocenters. The smallest absolute Gasteiger partial charge is 0.411 e. The van der Waals surface area contributed by atoms with E-state index >= 15 is 0 Å². The van der Waals surface area contributed by atoms with Crippen LogP contribution in [0.15, 0.2) is 36.4 Å². The van der Waals surface area contributed by atoms with Crippen molar-refractivity contribution in [3.63, 3.8) is 0 Å². The number of anilines is 1. The van der Waals surface area contributed by atoms with E-state index < -0.39 is 6.09 Å². The van der Waals surface area contributed by atoms with Crippen LogP contribution in [0.1, 0.15) is 28.4 Å². The Bertz CT molecular complexity index is 851. The van der Waals surface area contributed by atoms with E-state index in [0.29, 0.717) is 29.3 Å². The zero-order valence-electron chi connectivity index (χ0n) is 16.9. The number of rotatable bonds is 7. The van der Waals surface area contributed by atoms with E-state index in [-0.39, 0.29) is 12.5 Å². The molecule has 0 spiro atoms. The van der Waals surface area contributed by atoms with E-state index in [1.165, 1.54) is 0 Å². The van der Waals surface area contributed by atoms with Crippen LogP contribution in [0.3, 0.4) is 0 Å². The Labute approximate surface area is 165 Å². The Balaban J connectivity index is 2.16. The molecular weight excluding hydrogens is 360 g/mol. The van der Waals surface area contributed by atoms with Gasteiger partial charge < -0.3 is 19.1 Å². The van der Waals surface area contributed by atoms with Crippen molar-refractivity contribution in [1.82, 2.24) is 4.90 Å². The second-order valence-corrected chi connectivity index (χ2v) is 6.22. The summed E-state index contributed by atoms with van der Waals surface area (Å²) in [4.78, 5) is 26.0. The van der Waals surface area contributed by atoms with Crippen LogP contribution in [-0.2, 0) is 11.3 Å². The molecule has 2 aromatic rings. The van der Waals surface area contributed by atoms with Gasteiger partial charge in [-0.2, -0.15) is 0 Å². The highest BCUT2D eigenvalue weighted by atomic mass is 16.5. The van der Waals surface area contributed by atoms with Gasteiger partial charge in [-0.3, -0.25) is 10.1 Å². The first-order valence-corrected chi connectivity index (χ1v) is 8.90. The molecule has 0 aliphatic rings. The second-order valence-electron chi connectivity index (χ2n) is 6.22. The summed E-state index contributed by atoms with van der Waals surface area (Å²) >= 11 is 0. The van der Waals surface area contributed by atoms with Gasteiger partial charge in [-0.15, -0.1) is 0 Å². The maximum atomic E-state index is 12.8. The number of methoxy groups -OCH3 is 2. The van der Waals surface area contributed by atoms with E-state index in [4.69, 9.17) is 14.2 Å². The molecule has 150 valence electrons. The monoisotopic (exact) mass is 386 g/mol. The number of hydrogen-bond donors (Lipinski definition) is 1. The lowest BCUT2D eigenvalue weighted by molar-refractivity contribution is 0.0784. The van der Waals surface area contributed by atoms with Gasteiger partial charge in [0.1, 0.15) is 0 Å². The maximum absolute atomic E-state index is 12.8. The van der Waals surface area contributed by atoms with Gasteiger partial charge in [-0.1, -0.05) is 6.07 Å². The molecule has 0 saturated heterocycles. The zero-order chi connectivity index (χ0) is 20.7. The highest BCUT2D eigenvalue weighted by molar-refractivity contribution is 5.96. The lowest BCUT2D eigenvalue weighted by atomic mass is 10.1. The topological polar surface area (TPSA) is 77.1 Å². The molecule has 28 heavy (non-hydrogen) atoms. The Morgan fingerprint density at radius 3 is 2.39 bits per heavy atom. The first kappa shape index (κ1) is 21.1. The number of carbonyl (C=O) groups is 2. The summed E-state index contributed by atoms with van der Waals surface area (Å²) in [5, 5.41) is 2.60. The predicted molar refractivity (Wildman–Crippen MR) is 107 cm³/mol. The SMILES string of the molecule is CCOC(=O)Nc1cccc(C(=O)N(C)Cc2cc(OC)c(OC)cc2C)c1. The third-order valence-corrected chi connectivity index (χ3v) is 4.23. The lowest BCUT2D eigenvalue weighted by Gasteiger charge is -2.20. The van der Waals surface area contributed by atoms with Crippen LogP contribution >= 0.6 is 0 Å². The largest absolute Gasteiger partial charge is 0.493 e. The first-order chi connectivity index (χ1) is 13.4. The molecule has 0 aliphatic heterocycles. The molecule has 2 amide bonds. The molecule has 2 aromatic carbocycles. The van der Waals surface area contributed by atoms with Crippen molar-refractivity contribution in [2.24, 2.45) is 0 Å². The summed E-state index contributed by atoms with van der Waals surface area (Å²) in [6, 6.07) is 10.5. The van der Waals surface area contributed by atoms with Gasteiger partial charge in [-0.25, -0.2) is 4.79 Å². The molecule has 0 saturated carbocycles. The van der Waals surface area contributed by atoms with Crippen molar-refractivity contribution in [2.45, 2.75) is 20.4 Å². The van der Waals surface area contributed by atoms with Crippen LogP contribution in [0.2, 0.25) is 0 Å². The van der Waals surface area contributed by atoms with Gasteiger partial charge in [-0.05, 0) is 55.3 Å². The fraction of sp³-hybridized carbons (Fsp3) is 0.333. The average molecular weight is 386 g/mol. The fourth-order valence-electron chi connectivity index (χ4n) is 2.76. The number of amides is 2. The Morgan fingerprint density at radius 1 is 1.07 bits per heavy atom. The molecule has 7 heteroatoms. The van der Waals surface area contributed by atoms with Crippen LogP contribution in [0.4, 0.5) is 10.5 Å². The summed E-state index contributed by atoms with van der Waals surface area (Å²) < 4.78 is 15.5. The quantitative estimate of drug-likeness (QED) is 0.782. The summed E-state index contributed by atoms with van der Waals surface area (Å²) in [5.74, 6) is 1.10. The summed E-state index contributed by atoms with van der Waals surface area (Å²) in [6.45, 7) is 4.36. The van der Waals surface area contributed by atoms with Crippen molar-refractivity contribution >= 4 is 17.7 Å². The Morgan fingerprint density at radius 2 is 1.75 bits per heavy atom. The lowest BCUT2D eigenvalue weighted by Crippen LogP contribution is -2.26. The van der Waals surface area contributed by atoms with Gasteiger partial charge in [0.15, 0.2) is 11.5 Å². The molecule has 0 heterocycles. The Hall–Kier alpha value is -3.22. The third-order valence-electron chi connectivity index (χ3n) is 4.23. The Kier molecular flexibility index (Phi) is 7.26. The van der Waals surface area contributed by atoms with E-state index in [1.807, 2.05) is 19.1 Å². The molecule has 0 fully saturated rings. The number of hydrogen-bond acceptors (Lipinski definition) is 5. The molecule has 7 nitrogen and oxygen atoms in total. The molecule has 0 radical (unpaired) electrons. The predicted octanol–water partition coefficient (Wildman–Crippen LogP) is 3.85. The minimum Gasteiger partial charge on any atom is -0.493 e. The summed E-state index contributed by atoms with van der Waals surface area (Å²) in [7, 11) is 4.89. The second kappa shape index (κ2) is 9.64. The maximum Gasteiger partial charge on any atom is 0.411 e. The normalized spacial score (nSPS) is 10.2. The van der Waals surface area contributed by atoms with Crippen molar-refractivity contribution in [3.8, 4) is 11.5 Å². The number of nitrogens with zero attached hydrogens (tertiary/aromatic N) is 1. The van der Waals surface area contributed by atoms with Crippen molar-refractivity contribution in [2.75, 3.05) is 33.2 Å². The molecule has 2 rings (SSSR count). The number of benzene rings is 2. The minimum atomic E-state index is -0.554. The highest BCUT2D eigenvalue weighted by Crippen LogP contribution is 2.30. The molecule has 0 aliphatic carbocycles. The third kappa shape index (κ3) is 5.16. The number of nitrogens with one attached hydrogen (secondary N) is 1. The van der Waals surface area contributed by atoms with Gasteiger partial charge in [0.25, 0.3) is 5.91 Å². The standard InChI is InChI=1S/C21H26N2O5/c1-6-28-21(25)22-17-9-7-8-15(11-17)20(24)23(3)13-16-12-19(27-5)18(26-4)10-14(16)2/h7-12H,6,13H2,1-5H3,(H,22,25). The van der Waals surface area contributed by atoms with Crippen LogP contribution < -0.4 is 14.8 Å². The van der Waals surface area contributed by atoms with E-state index in [2.05, 4.69) is 5.32 Å². The van der Waals surface area contributed by atoms with Gasteiger partial charge >= 0.3 is 6.09 Å². The molecule has 1 N–H and O–H groups in total. The number of aryl methyl sites for hydroxylation is 1. The zero-order valence-corrected chi connectivity index (χ0v) is 16.9. The fourth-order valence-corrected chi connectivity index (χ4v) is 2.76. The van der Waals surface area contributed by atoms with Crippen LogP contribution in [-0.4, -0.2) is 44.8 Å². The van der Waals surface area contributed by atoms with Gasteiger partial charge in [0.2, 0.25) is 0 Å². The van der Waals surface area contributed by atoms with Crippen molar-refractivity contribution in [1.29, 1.82) is 0 Å². The highest BCUT2D eigenvalue weighted by Gasteiger charge is 2.16. The molecule has 0 bridgehead atoms. The van der Waals surface area contributed by atoms with Crippen molar-refractivity contribution < 1.29 is 23.8 Å². The first-order valence-electron chi connectivity index (χ1n) is 8.90. The van der Waals surface area contributed by atoms with Gasteiger partial charge in [0.05, 0.1) is 20.8 Å². The van der Waals surface area contributed by atoms with E-state index in [0.717, 1.165) is 11.1 Å². The van der Waals surface area contributed by atoms with Crippen LogP contribution in [0.5, 0.6) is 11.5 Å². The van der Waals surface area contributed by atoms with Crippen LogP contribution in [0, 0.1) is 6.92 Å². The average Bonchev–Trinajstić information content (AvgIpc) is 2.68. The number of ether oxygens (including phenoxy) is 3. The summed E-state index contributed by atoms with van der Waals surface area (Å²) in [6.07, 6.45) is -0.554. The number of carbonyl (C=O) groups excluding carboxylic acids is 2. The van der Waals surface area contributed by atoms with Crippen LogP contribution in [0.25, 0.3) is 0 Å². The molecule has 0 unspecified atom stereocenters.